The first-order valence-electron chi connectivity index (χ1n) is 8.73. The van der Waals surface area contributed by atoms with E-state index in [1.165, 1.54) is 60.3 Å². The molecule has 0 aromatic heterocycles. The Morgan fingerprint density at radius 1 is 0.897 bits per heavy atom. The summed E-state index contributed by atoms with van der Waals surface area (Å²) in [5, 5.41) is 2.73. The second-order valence-corrected chi connectivity index (χ2v) is 8.80. The lowest BCUT2D eigenvalue weighted by Gasteiger charge is -2.10. The summed E-state index contributed by atoms with van der Waals surface area (Å²) in [6, 6.07) is 21.1. The molecule has 0 aliphatic rings. The molecule has 0 radical (unpaired) electrons. The third kappa shape index (κ3) is 6.07. The minimum Gasteiger partial charge on any atom is -0.325 e. The molecule has 0 saturated heterocycles. The SMILES string of the molecule is O=C(CSCc1ccccc1)Nc1ccc(S(=O)(=O)Nc2ccccc2F)cc1. The zero-order valence-corrected chi connectivity index (χ0v) is 17.0. The van der Waals surface area contributed by atoms with Crippen LogP contribution in [0.3, 0.4) is 0 Å². The molecule has 5 nitrogen and oxygen atoms in total. The quantitative estimate of drug-likeness (QED) is 0.552. The van der Waals surface area contributed by atoms with Crippen molar-refractivity contribution in [1.82, 2.24) is 0 Å². The Morgan fingerprint density at radius 2 is 1.55 bits per heavy atom. The van der Waals surface area contributed by atoms with Gasteiger partial charge in [-0.1, -0.05) is 42.5 Å². The summed E-state index contributed by atoms with van der Waals surface area (Å²) in [5.41, 5.74) is 1.50. The highest BCUT2D eigenvalue weighted by Gasteiger charge is 2.16. The average molecular weight is 431 g/mol. The predicted molar refractivity (Wildman–Crippen MR) is 115 cm³/mol. The van der Waals surface area contributed by atoms with Crippen LogP contribution < -0.4 is 10.0 Å². The highest BCUT2D eigenvalue weighted by molar-refractivity contribution is 7.99. The summed E-state index contributed by atoms with van der Waals surface area (Å²) in [6.45, 7) is 0. The molecule has 0 aliphatic heterocycles. The first kappa shape index (κ1) is 20.9. The van der Waals surface area contributed by atoms with Crippen LogP contribution in [0.15, 0.2) is 83.8 Å². The van der Waals surface area contributed by atoms with Crippen molar-refractivity contribution >= 4 is 39.1 Å². The molecule has 0 unspecified atom stereocenters. The van der Waals surface area contributed by atoms with Gasteiger partial charge in [-0.25, -0.2) is 12.8 Å². The maximum absolute atomic E-state index is 13.7. The lowest BCUT2D eigenvalue weighted by Crippen LogP contribution is -2.15. The molecule has 3 aromatic carbocycles. The molecule has 0 aliphatic carbocycles. The summed E-state index contributed by atoms with van der Waals surface area (Å²) in [4.78, 5) is 12.0. The molecule has 0 fully saturated rings. The van der Waals surface area contributed by atoms with Crippen molar-refractivity contribution in [1.29, 1.82) is 0 Å². The number of sulfonamides is 1. The second kappa shape index (κ2) is 9.58. The minimum absolute atomic E-state index is 0.0304. The van der Waals surface area contributed by atoms with Crippen LogP contribution in [0.2, 0.25) is 0 Å². The van der Waals surface area contributed by atoms with Crippen molar-refractivity contribution in [2.45, 2.75) is 10.6 Å². The lowest BCUT2D eigenvalue weighted by atomic mass is 10.2. The van der Waals surface area contributed by atoms with E-state index < -0.39 is 15.8 Å². The minimum atomic E-state index is -3.93. The second-order valence-electron chi connectivity index (χ2n) is 6.14. The monoisotopic (exact) mass is 430 g/mol. The standard InChI is InChI=1S/C21H19FN2O3S2/c22-19-8-4-5-9-20(19)24-29(26,27)18-12-10-17(11-13-18)23-21(25)15-28-14-16-6-2-1-3-7-16/h1-13,24H,14-15H2,(H,23,25). The van der Waals surface area contributed by atoms with Gasteiger partial charge in [0.1, 0.15) is 5.82 Å². The van der Waals surface area contributed by atoms with Crippen molar-refractivity contribution in [3.8, 4) is 0 Å². The molecule has 0 spiro atoms. The molecule has 0 bridgehead atoms. The molecule has 1 amide bonds. The Labute approximate surface area is 173 Å². The zero-order valence-electron chi connectivity index (χ0n) is 15.3. The van der Waals surface area contributed by atoms with E-state index in [2.05, 4.69) is 10.0 Å². The number of nitrogens with one attached hydrogen (secondary N) is 2. The van der Waals surface area contributed by atoms with Gasteiger partial charge in [0.15, 0.2) is 0 Å². The average Bonchev–Trinajstić information content (AvgIpc) is 2.71. The summed E-state index contributed by atoms with van der Waals surface area (Å²) >= 11 is 1.49. The van der Waals surface area contributed by atoms with Crippen LogP contribution in [-0.4, -0.2) is 20.1 Å². The maximum Gasteiger partial charge on any atom is 0.261 e. The van der Waals surface area contributed by atoms with Crippen LogP contribution in [-0.2, 0) is 20.6 Å². The molecule has 0 saturated carbocycles. The van der Waals surface area contributed by atoms with Crippen LogP contribution in [0.25, 0.3) is 0 Å². The molecular formula is C21H19FN2O3S2. The van der Waals surface area contributed by atoms with E-state index in [0.29, 0.717) is 5.69 Å². The maximum atomic E-state index is 13.7. The third-order valence-corrected chi connectivity index (χ3v) is 6.30. The molecule has 2 N–H and O–H groups in total. The van der Waals surface area contributed by atoms with Gasteiger partial charge < -0.3 is 5.32 Å². The normalized spacial score (nSPS) is 11.1. The number of benzene rings is 3. The van der Waals surface area contributed by atoms with Crippen LogP contribution >= 0.6 is 11.8 Å². The molecule has 150 valence electrons. The van der Waals surface area contributed by atoms with Gasteiger partial charge in [0, 0.05) is 11.4 Å². The van der Waals surface area contributed by atoms with Gasteiger partial charge in [-0.15, -0.1) is 11.8 Å². The number of carbonyl (C=O) groups excluding carboxylic acids is 1. The molecule has 0 atom stereocenters. The summed E-state index contributed by atoms with van der Waals surface area (Å²) in [7, 11) is -3.93. The first-order valence-corrected chi connectivity index (χ1v) is 11.4. The number of hydrogen-bond donors (Lipinski definition) is 2. The van der Waals surface area contributed by atoms with Crippen molar-refractivity contribution in [3.63, 3.8) is 0 Å². The number of halogens is 1. The van der Waals surface area contributed by atoms with Gasteiger partial charge in [-0.3, -0.25) is 9.52 Å². The lowest BCUT2D eigenvalue weighted by molar-refractivity contribution is -0.113. The van der Waals surface area contributed by atoms with Crippen molar-refractivity contribution in [3.05, 3.63) is 90.2 Å². The highest BCUT2D eigenvalue weighted by Crippen LogP contribution is 2.20. The van der Waals surface area contributed by atoms with Gasteiger partial charge in [0.05, 0.1) is 16.3 Å². The summed E-state index contributed by atoms with van der Waals surface area (Å²) in [5.74, 6) is 0.177. The number of rotatable bonds is 8. The van der Waals surface area contributed by atoms with Crippen molar-refractivity contribution < 1.29 is 17.6 Å². The van der Waals surface area contributed by atoms with Gasteiger partial charge in [-0.05, 0) is 42.0 Å². The van der Waals surface area contributed by atoms with Crippen molar-refractivity contribution in [2.75, 3.05) is 15.8 Å². The Morgan fingerprint density at radius 3 is 2.24 bits per heavy atom. The molecule has 0 heterocycles. The van der Waals surface area contributed by atoms with Crippen LogP contribution in [0.1, 0.15) is 5.56 Å². The first-order chi connectivity index (χ1) is 13.9. The van der Waals surface area contributed by atoms with Crippen LogP contribution in [0.4, 0.5) is 15.8 Å². The topological polar surface area (TPSA) is 75.3 Å². The Balaban J connectivity index is 1.55. The molecular weight excluding hydrogens is 411 g/mol. The van der Waals surface area contributed by atoms with Crippen LogP contribution in [0.5, 0.6) is 0 Å². The van der Waals surface area contributed by atoms with Gasteiger partial charge in [-0.2, -0.15) is 0 Å². The molecule has 3 rings (SSSR count). The smallest absolute Gasteiger partial charge is 0.261 e. The zero-order chi connectivity index (χ0) is 20.7. The fourth-order valence-electron chi connectivity index (χ4n) is 2.50. The molecule has 3 aromatic rings. The van der Waals surface area contributed by atoms with E-state index in [1.807, 2.05) is 30.3 Å². The summed E-state index contributed by atoms with van der Waals surface area (Å²) < 4.78 is 40.7. The van der Waals surface area contributed by atoms with E-state index in [9.17, 15) is 17.6 Å². The van der Waals surface area contributed by atoms with E-state index >= 15 is 0 Å². The van der Waals surface area contributed by atoms with Gasteiger partial charge in [0.25, 0.3) is 10.0 Å². The Kier molecular flexibility index (Phi) is 6.90. The van der Waals surface area contributed by atoms with E-state index in [-0.39, 0.29) is 22.2 Å². The number of anilines is 2. The van der Waals surface area contributed by atoms with Crippen molar-refractivity contribution in [2.24, 2.45) is 0 Å². The third-order valence-electron chi connectivity index (χ3n) is 3.91. The van der Waals surface area contributed by atoms with E-state index in [0.717, 1.165) is 11.3 Å². The van der Waals surface area contributed by atoms with E-state index in [4.69, 9.17) is 0 Å². The fourth-order valence-corrected chi connectivity index (χ4v) is 4.35. The molecule has 8 heteroatoms. The predicted octanol–water partition coefficient (Wildman–Crippen LogP) is 4.50. The number of thioether (sulfide) groups is 1. The number of carbonyl (C=O) groups is 1. The molecule has 29 heavy (non-hydrogen) atoms. The Hall–Kier alpha value is -2.84. The number of hydrogen-bond acceptors (Lipinski definition) is 4. The van der Waals surface area contributed by atoms with Crippen LogP contribution in [0, 0.1) is 5.82 Å². The summed E-state index contributed by atoms with van der Waals surface area (Å²) in [6.07, 6.45) is 0. The number of amides is 1. The Bertz CT molecular complexity index is 1070. The van der Waals surface area contributed by atoms with Gasteiger partial charge >= 0.3 is 0 Å². The highest BCUT2D eigenvalue weighted by atomic mass is 32.2. The number of para-hydroxylation sites is 1. The largest absolute Gasteiger partial charge is 0.325 e. The van der Waals surface area contributed by atoms with Gasteiger partial charge in [0.2, 0.25) is 5.91 Å². The van der Waals surface area contributed by atoms with E-state index in [1.54, 1.807) is 0 Å². The fraction of sp³-hybridized carbons (Fsp3) is 0.0952.